The Labute approximate surface area is 172 Å². The molecule has 1 heterocycles. The van der Waals surface area contributed by atoms with Crippen LogP contribution in [-0.4, -0.2) is 29.2 Å². The molecule has 0 saturated carbocycles. The van der Waals surface area contributed by atoms with Crippen molar-refractivity contribution < 1.29 is 14.1 Å². The highest BCUT2D eigenvalue weighted by molar-refractivity contribution is 8.13. The van der Waals surface area contributed by atoms with E-state index in [1.807, 2.05) is 0 Å². The Hall–Kier alpha value is -1.56. The molecule has 0 spiro atoms. The van der Waals surface area contributed by atoms with E-state index in [-0.39, 0.29) is 5.12 Å². The van der Waals surface area contributed by atoms with E-state index in [0.29, 0.717) is 5.75 Å². The van der Waals surface area contributed by atoms with Crippen LogP contribution in [0.5, 0.6) is 0 Å². The molecule has 28 heavy (non-hydrogen) atoms. The van der Waals surface area contributed by atoms with Gasteiger partial charge in [0.05, 0.1) is 11.2 Å². The first-order valence-corrected chi connectivity index (χ1v) is 10.9. The highest BCUT2D eigenvalue weighted by Crippen LogP contribution is 2.40. The number of carbonyl (C=O) groups is 1. The van der Waals surface area contributed by atoms with Gasteiger partial charge < -0.3 is 9.31 Å². The van der Waals surface area contributed by atoms with Crippen LogP contribution in [-0.2, 0) is 26.9 Å². The van der Waals surface area contributed by atoms with E-state index in [1.54, 1.807) is 6.92 Å². The van der Waals surface area contributed by atoms with E-state index in [4.69, 9.17) is 9.31 Å². The lowest BCUT2D eigenvalue weighted by molar-refractivity contribution is -0.109. The molecule has 0 amide bonds. The molecular weight excluding hydrogens is 367 g/mol. The lowest BCUT2D eigenvalue weighted by Gasteiger charge is -2.32. The summed E-state index contributed by atoms with van der Waals surface area (Å²) in [6.07, 6.45) is 4.40. The van der Waals surface area contributed by atoms with Crippen molar-refractivity contribution in [3.8, 4) is 0 Å². The van der Waals surface area contributed by atoms with Crippen molar-refractivity contribution >= 4 is 40.8 Å². The summed E-state index contributed by atoms with van der Waals surface area (Å²) in [7, 11) is -0.445. The smallest absolute Gasteiger partial charge is 0.400 e. The third-order valence-electron chi connectivity index (χ3n) is 6.25. The van der Waals surface area contributed by atoms with Gasteiger partial charge in [-0.3, -0.25) is 4.79 Å². The van der Waals surface area contributed by atoms with Crippen molar-refractivity contribution in [2.75, 3.05) is 5.75 Å². The van der Waals surface area contributed by atoms with Crippen LogP contribution < -0.4 is 0 Å². The van der Waals surface area contributed by atoms with Crippen LogP contribution in [0.2, 0.25) is 0 Å². The second-order valence-corrected chi connectivity index (χ2v) is 9.89. The van der Waals surface area contributed by atoms with Gasteiger partial charge in [0.1, 0.15) is 0 Å². The van der Waals surface area contributed by atoms with Crippen molar-refractivity contribution in [3.05, 3.63) is 52.5 Å². The van der Waals surface area contributed by atoms with Crippen molar-refractivity contribution in [3.63, 3.8) is 0 Å². The molecule has 2 aromatic rings. The van der Waals surface area contributed by atoms with Gasteiger partial charge in [-0.2, -0.15) is 0 Å². The van der Waals surface area contributed by atoms with Gasteiger partial charge in [0.2, 0.25) is 0 Å². The summed E-state index contributed by atoms with van der Waals surface area (Å²) in [6, 6.07) is 11.0. The molecule has 4 rings (SSSR count). The summed E-state index contributed by atoms with van der Waals surface area (Å²) in [5.74, 6) is 0.565. The summed E-state index contributed by atoms with van der Waals surface area (Å²) >= 11 is 1.30. The predicted octanol–water partition coefficient (Wildman–Crippen LogP) is 5.23. The summed E-state index contributed by atoms with van der Waals surface area (Å²) in [5.41, 5.74) is 4.21. The summed E-state index contributed by atoms with van der Waals surface area (Å²) in [4.78, 5) is 11.6. The molecule has 0 aromatic heterocycles. The van der Waals surface area contributed by atoms with Gasteiger partial charge in [0.25, 0.3) is 0 Å². The molecule has 3 nitrogen and oxygen atoms in total. The fraction of sp³-hybridized carbons (Fsp3) is 0.435. The van der Waals surface area contributed by atoms with Crippen LogP contribution in [0.25, 0.3) is 16.8 Å². The number of carbonyl (C=O) groups excluding carboxylic acids is 1. The molecule has 0 unspecified atom stereocenters. The quantitative estimate of drug-likeness (QED) is 0.665. The van der Waals surface area contributed by atoms with E-state index in [1.165, 1.54) is 33.7 Å². The number of rotatable bonds is 4. The Bertz CT molecular complexity index is 951. The molecule has 1 aliphatic carbocycles. The Morgan fingerprint density at radius 2 is 1.71 bits per heavy atom. The monoisotopic (exact) mass is 394 g/mol. The van der Waals surface area contributed by atoms with Crippen molar-refractivity contribution in [1.82, 2.24) is 0 Å². The van der Waals surface area contributed by atoms with E-state index >= 15 is 0 Å². The second-order valence-electron chi connectivity index (χ2n) is 8.74. The maximum absolute atomic E-state index is 11.6. The van der Waals surface area contributed by atoms with Gasteiger partial charge in [0.15, 0.2) is 5.12 Å². The average molecular weight is 394 g/mol. The molecule has 1 fully saturated rings. The topological polar surface area (TPSA) is 35.5 Å². The van der Waals surface area contributed by atoms with Crippen LogP contribution >= 0.6 is 11.8 Å². The number of hydrogen-bond acceptors (Lipinski definition) is 4. The Kier molecular flexibility index (Phi) is 4.97. The first-order chi connectivity index (χ1) is 13.2. The minimum absolute atomic E-state index is 0.0998. The molecule has 1 saturated heterocycles. The maximum atomic E-state index is 11.6. The van der Waals surface area contributed by atoms with Gasteiger partial charge in [-0.15, -0.1) is 0 Å². The standard InChI is InChI=1S/C23H27BO3S/c1-15(25)28-14-19(24-26-22(2,3)23(4,5)27-24)13-18-12-11-17-10-9-16-7-6-8-20(18)21(16)17/h6-8,11-13H,9-10,14H2,1-5H3. The third kappa shape index (κ3) is 3.45. The summed E-state index contributed by atoms with van der Waals surface area (Å²) in [5, 5.41) is 2.76. The average Bonchev–Trinajstić information content (AvgIpc) is 3.12. The first kappa shape index (κ1) is 19.7. The normalized spacial score (nSPS) is 20.2. The minimum Gasteiger partial charge on any atom is -0.400 e. The van der Waals surface area contributed by atoms with E-state index in [2.05, 4.69) is 64.1 Å². The van der Waals surface area contributed by atoms with E-state index in [9.17, 15) is 4.79 Å². The predicted molar refractivity (Wildman–Crippen MR) is 119 cm³/mol. The lowest BCUT2D eigenvalue weighted by atomic mass is 9.78. The van der Waals surface area contributed by atoms with Crippen molar-refractivity contribution in [2.24, 2.45) is 0 Å². The van der Waals surface area contributed by atoms with Crippen LogP contribution in [0, 0.1) is 0 Å². The third-order valence-corrected chi connectivity index (χ3v) is 7.13. The van der Waals surface area contributed by atoms with Gasteiger partial charge in [-0.25, -0.2) is 0 Å². The van der Waals surface area contributed by atoms with E-state index in [0.717, 1.165) is 23.9 Å². The van der Waals surface area contributed by atoms with Crippen LogP contribution in [0.3, 0.4) is 0 Å². The van der Waals surface area contributed by atoms with Gasteiger partial charge in [-0.05, 0) is 73.5 Å². The lowest BCUT2D eigenvalue weighted by Crippen LogP contribution is -2.41. The van der Waals surface area contributed by atoms with Gasteiger partial charge >= 0.3 is 7.12 Å². The molecule has 2 aliphatic rings. The molecule has 0 radical (unpaired) electrons. The zero-order valence-electron chi connectivity index (χ0n) is 17.3. The summed E-state index contributed by atoms with van der Waals surface area (Å²) in [6.45, 7) is 9.83. The van der Waals surface area contributed by atoms with Gasteiger partial charge in [-0.1, -0.05) is 48.2 Å². The molecule has 1 aliphatic heterocycles. The Morgan fingerprint density at radius 3 is 2.36 bits per heavy atom. The molecule has 0 atom stereocenters. The number of hydrogen-bond donors (Lipinski definition) is 0. The van der Waals surface area contributed by atoms with Crippen LogP contribution in [0.15, 0.2) is 35.8 Å². The molecule has 5 heteroatoms. The fourth-order valence-corrected chi connectivity index (χ4v) is 4.54. The highest BCUT2D eigenvalue weighted by atomic mass is 32.2. The first-order valence-electron chi connectivity index (χ1n) is 9.91. The molecule has 0 bridgehead atoms. The van der Waals surface area contributed by atoms with Crippen LogP contribution in [0.1, 0.15) is 51.3 Å². The number of thioether (sulfide) groups is 1. The second kappa shape index (κ2) is 7.05. The van der Waals surface area contributed by atoms with Gasteiger partial charge in [0, 0.05) is 12.7 Å². The number of benzene rings is 2. The van der Waals surface area contributed by atoms with Crippen molar-refractivity contribution in [1.29, 1.82) is 0 Å². The van der Waals surface area contributed by atoms with Crippen LogP contribution in [0.4, 0.5) is 0 Å². The molecular formula is C23H27BO3S. The Balaban J connectivity index is 1.77. The SMILES string of the molecule is CC(=O)SCC(=Cc1ccc2c3c(cccc13)CC2)B1OC(C)(C)C(C)(C)O1. The zero-order chi connectivity index (χ0) is 20.1. The fourth-order valence-electron chi connectivity index (χ4n) is 3.95. The van der Waals surface area contributed by atoms with E-state index < -0.39 is 18.3 Å². The molecule has 146 valence electrons. The Morgan fingerprint density at radius 1 is 1.07 bits per heavy atom. The van der Waals surface area contributed by atoms with Crippen molar-refractivity contribution in [2.45, 2.75) is 58.7 Å². The summed E-state index contributed by atoms with van der Waals surface area (Å²) < 4.78 is 12.6. The molecule has 0 N–H and O–H groups in total. The minimum atomic E-state index is -0.445. The largest absolute Gasteiger partial charge is 0.491 e. The molecule has 2 aromatic carbocycles. The zero-order valence-corrected chi connectivity index (χ0v) is 18.1. The number of aryl methyl sites for hydroxylation is 2. The maximum Gasteiger partial charge on any atom is 0.491 e. The highest BCUT2D eigenvalue weighted by Gasteiger charge is 2.52.